The Morgan fingerprint density at radius 3 is 2.74 bits per heavy atom. The summed E-state index contributed by atoms with van der Waals surface area (Å²) in [4.78, 5) is 42.8. The molecular weight excluding hydrogens is 488 g/mol. The number of ether oxygens (including phenoxy) is 1. The third-order valence-electron chi connectivity index (χ3n) is 7.66. The Balaban J connectivity index is 1.35. The molecule has 188 valence electrons. The number of alkyl halides is 1. The monoisotopic (exact) mass is 518 g/mol. The Bertz CT molecular complexity index is 1080. The lowest BCUT2D eigenvalue weighted by molar-refractivity contribution is -0.139. The number of nitrogens with one attached hydrogen (secondary N) is 1. The molecule has 0 spiro atoms. The van der Waals surface area contributed by atoms with E-state index in [0.717, 1.165) is 54.8 Å². The van der Waals surface area contributed by atoms with Gasteiger partial charge < -0.3 is 15.0 Å². The minimum absolute atomic E-state index is 0.0190. The Morgan fingerprint density at radius 1 is 1.20 bits per heavy atom. The summed E-state index contributed by atoms with van der Waals surface area (Å²) in [7, 11) is 0. The smallest absolute Gasteiger partial charge is 0.262 e. The van der Waals surface area contributed by atoms with E-state index in [1.807, 2.05) is 26.0 Å². The molecule has 0 aromatic carbocycles. The first-order chi connectivity index (χ1) is 16.8. The largest absolute Gasteiger partial charge is 0.366 e. The summed E-state index contributed by atoms with van der Waals surface area (Å²) in [5.74, 6) is -0.442. The van der Waals surface area contributed by atoms with Crippen LogP contribution in [0.5, 0.6) is 0 Å². The van der Waals surface area contributed by atoms with Gasteiger partial charge >= 0.3 is 0 Å². The van der Waals surface area contributed by atoms with Crippen LogP contribution < -0.4 is 5.32 Å². The summed E-state index contributed by atoms with van der Waals surface area (Å²) in [6, 6.07) is 2.45. The lowest BCUT2D eigenvalue weighted by Gasteiger charge is -2.34. The molecule has 5 unspecified atom stereocenters. The van der Waals surface area contributed by atoms with Crippen molar-refractivity contribution >= 4 is 52.0 Å². The van der Waals surface area contributed by atoms with Crippen molar-refractivity contribution < 1.29 is 19.1 Å². The summed E-state index contributed by atoms with van der Waals surface area (Å²) >= 11 is 7.87. The Hall–Kier alpha value is -2.10. The SMILES string of the molecule is CC1=NN=C(C)C(c2ccc(C(=O)NC(C(=O)N3CC(Cl)C4OCC(=O)C43)C3CCCCC3)s2)C1. The number of carbonyl (C=O) groups excluding carboxylic acids is 3. The molecule has 1 saturated carbocycles. The van der Waals surface area contributed by atoms with Crippen LogP contribution in [-0.4, -0.2) is 70.6 Å². The van der Waals surface area contributed by atoms with Crippen LogP contribution in [0.15, 0.2) is 22.3 Å². The number of rotatable bonds is 5. The Kier molecular flexibility index (Phi) is 7.10. The van der Waals surface area contributed by atoms with Gasteiger partial charge in [0.15, 0.2) is 5.78 Å². The van der Waals surface area contributed by atoms with Crippen molar-refractivity contribution in [3.05, 3.63) is 21.9 Å². The predicted molar refractivity (Wildman–Crippen MR) is 136 cm³/mol. The fraction of sp³-hybridized carbons (Fsp3) is 0.640. The van der Waals surface area contributed by atoms with Gasteiger partial charge in [-0.15, -0.1) is 22.9 Å². The standard InChI is InChI=1S/C25H31ClN4O4S/c1-13-10-16(14(2)29-28-13)19-8-9-20(35-19)24(32)27-21(15-6-4-3-5-7-15)25(33)30-11-17(26)23-22(30)18(31)12-34-23/h8-9,15-17,21-23H,3-7,10-12H2,1-2H3,(H,27,32). The van der Waals surface area contributed by atoms with Crippen molar-refractivity contribution in [3.8, 4) is 0 Å². The maximum absolute atomic E-state index is 13.8. The van der Waals surface area contributed by atoms with Crippen LogP contribution in [0.1, 0.15) is 72.8 Å². The third kappa shape index (κ3) is 4.82. The third-order valence-corrected chi connectivity index (χ3v) is 9.24. The quantitative estimate of drug-likeness (QED) is 0.602. The van der Waals surface area contributed by atoms with E-state index in [1.165, 1.54) is 11.3 Å². The molecule has 2 amide bonds. The second-order valence-corrected chi connectivity index (χ2v) is 11.8. The highest BCUT2D eigenvalue weighted by atomic mass is 35.5. The maximum Gasteiger partial charge on any atom is 0.262 e. The fourth-order valence-corrected chi connectivity index (χ4v) is 7.18. The van der Waals surface area contributed by atoms with Crippen LogP contribution in [0.2, 0.25) is 0 Å². The fourth-order valence-electron chi connectivity index (χ4n) is 5.75. The highest BCUT2D eigenvalue weighted by Gasteiger charge is 2.53. The van der Waals surface area contributed by atoms with E-state index < -0.39 is 23.6 Å². The van der Waals surface area contributed by atoms with Gasteiger partial charge in [-0.05, 0) is 44.7 Å². The van der Waals surface area contributed by atoms with Crippen molar-refractivity contribution in [1.29, 1.82) is 0 Å². The van der Waals surface area contributed by atoms with Crippen LogP contribution in [0.4, 0.5) is 0 Å². The number of likely N-dealkylation sites (tertiary alicyclic amines) is 1. The molecule has 1 aromatic heterocycles. The average molecular weight is 519 g/mol. The molecule has 4 heterocycles. The van der Waals surface area contributed by atoms with Crippen molar-refractivity contribution in [2.24, 2.45) is 16.1 Å². The van der Waals surface area contributed by atoms with E-state index in [0.29, 0.717) is 4.88 Å². The van der Waals surface area contributed by atoms with Gasteiger partial charge in [0, 0.05) is 35.2 Å². The number of hydrogen-bond donors (Lipinski definition) is 1. The van der Waals surface area contributed by atoms with Crippen LogP contribution in [0.25, 0.3) is 0 Å². The molecule has 3 aliphatic heterocycles. The first-order valence-corrected chi connectivity index (χ1v) is 13.7. The maximum atomic E-state index is 13.8. The van der Waals surface area contributed by atoms with E-state index >= 15 is 0 Å². The van der Waals surface area contributed by atoms with Gasteiger partial charge in [0.05, 0.1) is 10.3 Å². The molecule has 1 aromatic rings. The lowest BCUT2D eigenvalue weighted by atomic mass is 9.83. The van der Waals surface area contributed by atoms with Gasteiger partial charge in [-0.25, -0.2) is 0 Å². The number of amides is 2. The molecule has 0 radical (unpaired) electrons. The first-order valence-electron chi connectivity index (χ1n) is 12.4. The van der Waals surface area contributed by atoms with Crippen LogP contribution >= 0.6 is 22.9 Å². The van der Waals surface area contributed by atoms with Crippen molar-refractivity contribution in [3.63, 3.8) is 0 Å². The van der Waals surface area contributed by atoms with Crippen LogP contribution in [-0.2, 0) is 14.3 Å². The number of hydrogen-bond acceptors (Lipinski definition) is 7. The summed E-state index contributed by atoms with van der Waals surface area (Å²) in [6.07, 6.45) is 5.26. The molecule has 5 atom stereocenters. The normalized spacial score (nSPS) is 30.0. The minimum Gasteiger partial charge on any atom is -0.366 e. The van der Waals surface area contributed by atoms with Crippen molar-refractivity contribution in [2.45, 2.75) is 81.9 Å². The van der Waals surface area contributed by atoms with Gasteiger partial charge in [0.2, 0.25) is 5.91 Å². The first kappa shape index (κ1) is 24.6. The van der Waals surface area contributed by atoms with Crippen molar-refractivity contribution in [1.82, 2.24) is 10.2 Å². The molecule has 1 aliphatic carbocycles. The van der Waals surface area contributed by atoms with E-state index in [-0.39, 0.29) is 42.6 Å². The number of Topliss-reactive ketones (excluding diaryl/α,β-unsaturated/α-hetero) is 1. The lowest BCUT2D eigenvalue weighted by Crippen LogP contribution is -2.55. The molecule has 8 nitrogen and oxygen atoms in total. The molecule has 35 heavy (non-hydrogen) atoms. The van der Waals surface area contributed by atoms with E-state index in [4.69, 9.17) is 16.3 Å². The number of halogens is 1. The topological polar surface area (TPSA) is 100 Å². The predicted octanol–water partition coefficient (Wildman–Crippen LogP) is 3.54. The Morgan fingerprint density at radius 2 is 1.97 bits per heavy atom. The van der Waals surface area contributed by atoms with Gasteiger partial charge in [-0.1, -0.05) is 19.3 Å². The number of thiophene rings is 1. The van der Waals surface area contributed by atoms with E-state index in [2.05, 4.69) is 15.5 Å². The van der Waals surface area contributed by atoms with Gasteiger partial charge in [0.1, 0.15) is 24.8 Å². The molecule has 0 bridgehead atoms. The zero-order chi connectivity index (χ0) is 24.7. The molecular formula is C25H31ClN4O4S. The number of fused-ring (bicyclic) bond motifs is 1. The molecule has 2 saturated heterocycles. The summed E-state index contributed by atoms with van der Waals surface area (Å²) in [5, 5.41) is 11.0. The second-order valence-electron chi connectivity index (χ2n) is 10.1. The zero-order valence-corrected chi connectivity index (χ0v) is 21.6. The van der Waals surface area contributed by atoms with Gasteiger partial charge in [-0.3, -0.25) is 14.4 Å². The number of ketones is 1. The van der Waals surface area contributed by atoms with Crippen LogP contribution in [0, 0.1) is 5.92 Å². The average Bonchev–Trinajstić information content (AvgIpc) is 3.57. The van der Waals surface area contributed by atoms with E-state index in [9.17, 15) is 14.4 Å². The number of nitrogens with zero attached hydrogens (tertiary/aromatic N) is 3. The van der Waals surface area contributed by atoms with E-state index in [1.54, 1.807) is 4.90 Å². The highest BCUT2D eigenvalue weighted by Crippen LogP contribution is 2.35. The van der Waals surface area contributed by atoms with Gasteiger partial charge in [0.25, 0.3) is 5.91 Å². The summed E-state index contributed by atoms with van der Waals surface area (Å²) in [6.45, 7) is 4.15. The Labute approximate surface area is 214 Å². The summed E-state index contributed by atoms with van der Waals surface area (Å²) in [5.41, 5.74) is 1.90. The summed E-state index contributed by atoms with van der Waals surface area (Å²) < 4.78 is 5.55. The highest BCUT2D eigenvalue weighted by molar-refractivity contribution is 7.14. The molecule has 10 heteroatoms. The zero-order valence-electron chi connectivity index (χ0n) is 20.0. The second kappa shape index (κ2) is 10.1. The minimum atomic E-state index is -0.684. The molecule has 5 rings (SSSR count). The number of carbonyl (C=O) groups is 3. The van der Waals surface area contributed by atoms with Crippen LogP contribution in [0.3, 0.4) is 0 Å². The molecule has 4 aliphatic rings. The van der Waals surface area contributed by atoms with Gasteiger partial charge in [-0.2, -0.15) is 10.2 Å². The molecule has 1 N–H and O–H groups in total. The van der Waals surface area contributed by atoms with Crippen molar-refractivity contribution in [2.75, 3.05) is 13.2 Å². The molecule has 3 fully saturated rings.